The fourth-order valence-electron chi connectivity index (χ4n) is 1.70. The van der Waals surface area contributed by atoms with Gasteiger partial charge in [0.05, 0.1) is 0 Å². The van der Waals surface area contributed by atoms with Gasteiger partial charge in [-0.1, -0.05) is 22.8 Å². The van der Waals surface area contributed by atoms with E-state index < -0.39 is 0 Å². The third-order valence-electron chi connectivity index (χ3n) is 2.42. The molecule has 72 valence electrons. The van der Waals surface area contributed by atoms with Gasteiger partial charge in [-0.05, 0) is 24.1 Å². The van der Waals surface area contributed by atoms with Crippen molar-refractivity contribution in [1.29, 1.82) is 0 Å². The average molecular weight is 210 g/mol. The summed E-state index contributed by atoms with van der Waals surface area (Å²) >= 11 is 5.94. The number of fused-ring (bicyclic) bond motifs is 1. The Kier molecular flexibility index (Phi) is 2.04. The van der Waals surface area contributed by atoms with E-state index in [0.29, 0.717) is 17.0 Å². The molecule has 1 aromatic carbocycles. The molecule has 2 rings (SSSR count). The third-order valence-corrected chi connectivity index (χ3v) is 2.77. The number of carbonyl (C=O) groups excluding carboxylic acids is 1. The number of oxime groups is 1. The van der Waals surface area contributed by atoms with Crippen LogP contribution in [0.4, 0.5) is 0 Å². The van der Waals surface area contributed by atoms with Crippen LogP contribution >= 0.6 is 11.6 Å². The molecule has 0 saturated carbocycles. The molecular weight excluding hydrogens is 202 g/mol. The Morgan fingerprint density at radius 1 is 1.50 bits per heavy atom. The highest BCUT2D eigenvalue weighted by Gasteiger charge is 2.30. The predicted molar refractivity (Wildman–Crippen MR) is 53.4 cm³/mol. The third kappa shape index (κ3) is 1.13. The van der Waals surface area contributed by atoms with E-state index in [9.17, 15) is 4.79 Å². The summed E-state index contributed by atoms with van der Waals surface area (Å²) in [5.74, 6) is -0.220. The van der Waals surface area contributed by atoms with Gasteiger partial charge < -0.3 is 5.21 Å². The number of hydrogen-bond acceptors (Lipinski definition) is 3. The summed E-state index contributed by atoms with van der Waals surface area (Å²) in [6, 6.07) is 3.54. The van der Waals surface area contributed by atoms with E-state index in [1.165, 1.54) is 0 Å². The molecule has 0 fully saturated rings. The monoisotopic (exact) mass is 209 g/mol. The minimum absolute atomic E-state index is 0.163. The molecule has 1 N–H and O–H groups in total. The van der Waals surface area contributed by atoms with Crippen molar-refractivity contribution in [1.82, 2.24) is 0 Å². The lowest BCUT2D eigenvalue weighted by atomic mass is 10.0. The van der Waals surface area contributed by atoms with Gasteiger partial charge in [0.1, 0.15) is 5.71 Å². The minimum atomic E-state index is -0.220. The molecule has 0 atom stereocenters. The number of nitrogens with zero attached hydrogens (tertiary/aromatic N) is 1. The highest BCUT2D eigenvalue weighted by molar-refractivity contribution is 6.50. The van der Waals surface area contributed by atoms with Gasteiger partial charge in [-0.2, -0.15) is 0 Å². The van der Waals surface area contributed by atoms with Crippen molar-refractivity contribution in [3.8, 4) is 0 Å². The predicted octanol–water partition coefficient (Wildman–Crippen LogP) is 2.22. The number of carbonyl (C=O) groups is 1. The van der Waals surface area contributed by atoms with Crippen molar-refractivity contribution in [3.63, 3.8) is 0 Å². The molecule has 0 heterocycles. The zero-order valence-electron chi connectivity index (χ0n) is 7.54. The molecule has 1 aliphatic carbocycles. The molecule has 1 aliphatic rings. The number of hydrogen-bond donors (Lipinski definition) is 1. The summed E-state index contributed by atoms with van der Waals surface area (Å²) in [7, 11) is 0. The largest absolute Gasteiger partial charge is 0.411 e. The molecule has 3 nitrogen and oxygen atoms in total. The molecule has 0 spiro atoms. The first kappa shape index (κ1) is 9.21. The first-order chi connectivity index (χ1) is 6.65. The lowest BCUT2D eigenvalue weighted by Crippen LogP contribution is -2.07. The molecule has 0 amide bonds. The van der Waals surface area contributed by atoms with Crippen LogP contribution in [-0.2, 0) is 6.42 Å². The minimum Gasteiger partial charge on any atom is -0.411 e. The summed E-state index contributed by atoms with van der Waals surface area (Å²) in [6.07, 6.45) is 0.325. The Morgan fingerprint density at radius 3 is 2.79 bits per heavy atom. The molecule has 14 heavy (non-hydrogen) atoms. The van der Waals surface area contributed by atoms with Crippen LogP contribution in [0.2, 0.25) is 5.02 Å². The van der Waals surface area contributed by atoms with Crippen LogP contribution < -0.4 is 0 Å². The maximum Gasteiger partial charge on any atom is 0.211 e. The average Bonchev–Trinajstić information content (AvgIpc) is 2.51. The smallest absolute Gasteiger partial charge is 0.211 e. The van der Waals surface area contributed by atoms with E-state index in [2.05, 4.69) is 5.16 Å². The highest BCUT2D eigenvalue weighted by Crippen LogP contribution is 2.29. The van der Waals surface area contributed by atoms with Gasteiger partial charge in [-0.25, -0.2) is 0 Å². The quantitative estimate of drug-likeness (QED) is 0.526. The summed E-state index contributed by atoms with van der Waals surface area (Å²) in [6.45, 7) is 1.84. The Labute approximate surface area is 86.0 Å². The van der Waals surface area contributed by atoms with E-state index in [1.807, 2.05) is 6.92 Å². The van der Waals surface area contributed by atoms with Gasteiger partial charge in [0.25, 0.3) is 0 Å². The topological polar surface area (TPSA) is 49.7 Å². The van der Waals surface area contributed by atoms with E-state index in [0.717, 1.165) is 11.1 Å². The molecule has 4 heteroatoms. The van der Waals surface area contributed by atoms with Crippen LogP contribution in [-0.4, -0.2) is 16.7 Å². The number of rotatable bonds is 0. The van der Waals surface area contributed by atoms with Gasteiger partial charge in [0.2, 0.25) is 5.78 Å². The summed E-state index contributed by atoms with van der Waals surface area (Å²) in [5, 5.41) is 12.1. The number of ketones is 1. The molecule has 0 unspecified atom stereocenters. The Balaban J connectivity index is 2.70. The van der Waals surface area contributed by atoms with E-state index >= 15 is 0 Å². The van der Waals surface area contributed by atoms with E-state index in [4.69, 9.17) is 16.8 Å². The van der Waals surface area contributed by atoms with Gasteiger partial charge in [-0.3, -0.25) is 4.79 Å². The fraction of sp³-hybridized carbons (Fsp3) is 0.200. The second kappa shape index (κ2) is 3.10. The van der Waals surface area contributed by atoms with Crippen LogP contribution in [0.25, 0.3) is 0 Å². The highest BCUT2D eigenvalue weighted by atomic mass is 35.5. The zero-order chi connectivity index (χ0) is 10.3. The molecule has 0 aliphatic heterocycles. The van der Waals surface area contributed by atoms with Crippen LogP contribution in [0, 0.1) is 6.92 Å². The first-order valence-electron chi connectivity index (χ1n) is 4.18. The molecule has 0 aromatic heterocycles. The summed E-state index contributed by atoms with van der Waals surface area (Å²) in [5.41, 5.74) is 2.39. The Bertz CT molecular complexity index is 452. The van der Waals surface area contributed by atoms with E-state index in [1.54, 1.807) is 12.1 Å². The number of Topliss-reactive ketones (excluding diaryl/α,β-unsaturated/α-hetero) is 1. The molecule has 1 aromatic rings. The maximum absolute atomic E-state index is 11.7. The number of halogens is 1. The van der Waals surface area contributed by atoms with Crippen molar-refractivity contribution in [2.45, 2.75) is 13.3 Å². The Morgan fingerprint density at radius 2 is 2.21 bits per heavy atom. The summed E-state index contributed by atoms with van der Waals surface area (Å²) in [4.78, 5) is 11.7. The lowest BCUT2D eigenvalue weighted by Gasteiger charge is -2.02. The Hall–Kier alpha value is -1.35. The second-order valence-corrected chi connectivity index (χ2v) is 3.68. The normalized spacial score (nSPS) is 17.6. The SMILES string of the molecule is Cc1ccc(Cl)c2c1C(=O)/C(=N/O)C2. The molecule has 0 bridgehead atoms. The van der Waals surface area contributed by atoms with Crippen molar-refractivity contribution in [2.24, 2.45) is 5.16 Å². The summed E-state index contributed by atoms with van der Waals surface area (Å²) < 4.78 is 0. The number of aryl methyl sites for hydroxylation is 1. The second-order valence-electron chi connectivity index (χ2n) is 3.27. The lowest BCUT2D eigenvalue weighted by molar-refractivity contribution is 0.106. The fourth-order valence-corrected chi connectivity index (χ4v) is 1.93. The first-order valence-corrected chi connectivity index (χ1v) is 4.56. The van der Waals surface area contributed by atoms with Gasteiger partial charge in [0, 0.05) is 17.0 Å². The van der Waals surface area contributed by atoms with Crippen LogP contribution in [0.1, 0.15) is 21.5 Å². The van der Waals surface area contributed by atoms with Crippen LogP contribution in [0.5, 0.6) is 0 Å². The maximum atomic E-state index is 11.7. The number of benzene rings is 1. The van der Waals surface area contributed by atoms with Crippen molar-refractivity contribution < 1.29 is 10.0 Å². The molecular formula is C10H8ClNO2. The van der Waals surface area contributed by atoms with Gasteiger partial charge in [-0.15, -0.1) is 0 Å². The molecule has 0 radical (unpaired) electrons. The van der Waals surface area contributed by atoms with Gasteiger partial charge >= 0.3 is 0 Å². The van der Waals surface area contributed by atoms with Crippen molar-refractivity contribution in [3.05, 3.63) is 33.8 Å². The van der Waals surface area contributed by atoms with Crippen LogP contribution in [0.15, 0.2) is 17.3 Å². The van der Waals surface area contributed by atoms with E-state index in [-0.39, 0.29) is 11.5 Å². The van der Waals surface area contributed by atoms with Crippen molar-refractivity contribution >= 4 is 23.1 Å². The van der Waals surface area contributed by atoms with Crippen molar-refractivity contribution in [2.75, 3.05) is 0 Å². The van der Waals surface area contributed by atoms with Crippen LogP contribution in [0.3, 0.4) is 0 Å². The van der Waals surface area contributed by atoms with Gasteiger partial charge in [0.15, 0.2) is 0 Å². The molecule has 0 saturated heterocycles. The standard InChI is InChI=1S/C10H8ClNO2/c1-5-2-3-7(11)6-4-8(12-14)10(13)9(5)6/h2-3,14H,4H2,1H3/b12-8+. The zero-order valence-corrected chi connectivity index (χ0v) is 8.30.